The normalized spacial score (nSPS) is 23.7. The van der Waals surface area contributed by atoms with Crippen LogP contribution in [-0.2, 0) is 0 Å². The van der Waals surface area contributed by atoms with Crippen molar-refractivity contribution >= 4 is 11.5 Å². The second-order valence-corrected chi connectivity index (χ2v) is 6.87. The molecule has 3 N–H and O–H groups in total. The van der Waals surface area contributed by atoms with Gasteiger partial charge in [0.25, 0.3) is 0 Å². The van der Waals surface area contributed by atoms with Crippen molar-refractivity contribution in [3.8, 4) is 17.6 Å². The SMILES string of the molecule is CC#Cc1ccc(C2NN=C(C3CCCN(CC)C3)C(=N)N2C)c(O)c1. The van der Waals surface area contributed by atoms with Gasteiger partial charge in [-0.15, -0.1) is 5.92 Å². The van der Waals surface area contributed by atoms with Crippen molar-refractivity contribution in [3.63, 3.8) is 0 Å². The molecule has 6 nitrogen and oxygen atoms in total. The Hall–Kier alpha value is -2.52. The summed E-state index contributed by atoms with van der Waals surface area (Å²) in [5.74, 6) is 6.64. The standard InChI is InChI=1S/C20H27N5O/c1-4-7-14-9-10-16(17(26)12-14)20-23-22-18(19(21)24(20)3)15-8-6-11-25(5-2)13-15/h9-10,12,15,20-21,23,26H,5-6,8,11,13H2,1-3H3. The van der Waals surface area contributed by atoms with Crippen LogP contribution in [0, 0.1) is 23.2 Å². The predicted octanol–water partition coefficient (Wildman–Crippen LogP) is 2.36. The molecule has 138 valence electrons. The molecule has 1 aromatic carbocycles. The Morgan fingerprint density at radius 3 is 2.92 bits per heavy atom. The van der Waals surface area contributed by atoms with Crippen molar-refractivity contribution in [1.29, 1.82) is 5.41 Å². The van der Waals surface area contributed by atoms with E-state index >= 15 is 0 Å². The van der Waals surface area contributed by atoms with Crippen molar-refractivity contribution in [2.45, 2.75) is 32.9 Å². The summed E-state index contributed by atoms with van der Waals surface area (Å²) in [6.07, 6.45) is 1.84. The van der Waals surface area contributed by atoms with Crippen LogP contribution in [0.1, 0.15) is 44.0 Å². The third-order valence-corrected chi connectivity index (χ3v) is 5.22. The first-order valence-corrected chi connectivity index (χ1v) is 9.18. The highest BCUT2D eigenvalue weighted by Crippen LogP contribution is 2.30. The Morgan fingerprint density at radius 1 is 1.42 bits per heavy atom. The van der Waals surface area contributed by atoms with E-state index in [0.717, 1.165) is 43.8 Å². The molecule has 0 radical (unpaired) electrons. The third kappa shape index (κ3) is 3.54. The monoisotopic (exact) mass is 353 g/mol. The van der Waals surface area contributed by atoms with E-state index in [0.29, 0.717) is 11.4 Å². The number of hydrogen-bond donors (Lipinski definition) is 3. The Bertz CT molecular complexity index is 776. The summed E-state index contributed by atoms with van der Waals surface area (Å²) in [7, 11) is 1.87. The van der Waals surface area contributed by atoms with E-state index in [2.05, 4.69) is 34.2 Å². The second-order valence-electron chi connectivity index (χ2n) is 6.87. The van der Waals surface area contributed by atoms with Gasteiger partial charge < -0.3 is 14.9 Å². The van der Waals surface area contributed by atoms with Gasteiger partial charge in [-0.05, 0) is 45.0 Å². The molecule has 0 aromatic heterocycles. The minimum atomic E-state index is -0.360. The van der Waals surface area contributed by atoms with Crippen molar-refractivity contribution in [2.75, 3.05) is 26.7 Å². The minimum absolute atomic E-state index is 0.163. The first-order valence-electron chi connectivity index (χ1n) is 9.18. The van der Waals surface area contributed by atoms with Crippen LogP contribution in [0.15, 0.2) is 23.3 Å². The Labute approximate surface area is 155 Å². The van der Waals surface area contributed by atoms with E-state index in [1.165, 1.54) is 0 Å². The summed E-state index contributed by atoms with van der Waals surface area (Å²) in [4.78, 5) is 4.25. The fraction of sp³-hybridized carbons (Fsp3) is 0.500. The van der Waals surface area contributed by atoms with Crippen LogP contribution in [-0.4, -0.2) is 53.1 Å². The molecule has 1 aromatic rings. The molecule has 26 heavy (non-hydrogen) atoms. The number of rotatable bonds is 3. The number of piperidine rings is 1. The van der Waals surface area contributed by atoms with E-state index in [4.69, 9.17) is 5.41 Å². The zero-order valence-corrected chi connectivity index (χ0v) is 15.7. The molecular weight excluding hydrogens is 326 g/mol. The number of phenolic OH excluding ortho intramolecular Hbond substituents is 1. The third-order valence-electron chi connectivity index (χ3n) is 5.22. The summed E-state index contributed by atoms with van der Waals surface area (Å²) < 4.78 is 0. The number of hydrazone groups is 1. The van der Waals surface area contributed by atoms with Gasteiger partial charge in [-0.1, -0.05) is 18.9 Å². The van der Waals surface area contributed by atoms with Gasteiger partial charge in [0.05, 0.1) is 0 Å². The largest absolute Gasteiger partial charge is 0.507 e. The van der Waals surface area contributed by atoms with E-state index in [1.54, 1.807) is 13.0 Å². The van der Waals surface area contributed by atoms with E-state index < -0.39 is 0 Å². The van der Waals surface area contributed by atoms with Gasteiger partial charge in [-0.3, -0.25) is 10.8 Å². The maximum atomic E-state index is 10.4. The van der Waals surface area contributed by atoms with Gasteiger partial charge in [-0.25, -0.2) is 0 Å². The molecule has 3 rings (SSSR count). The molecule has 1 saturated heterocycles. The van der Waals surface area contributed by atoms with Crippen LogP contribution in [0.2, 0.25) is 0 Å². The lowest BCUT2D eigenvalue weighted by atomic mass is 9.91. The van der Waals surface area contributed by atoms with Crippen LogP contribution in [0.4, 0.5) is 0 Å². The minimum Gasteiger partial charge on any atom is -0.507 e. The highest BCUT2D eigenvalue weighted by molar-refractivity contribution is 6.41. The van der Waals surface area contributed by atoms with Crippen LogP contribution in [0.3, 0.4) is 0 Å². The molecule has 2 unspecified atom stereocenters. The zero-order chi connectivity index (χ0) is 18.7. The number of aromatic hydroxyl groups is 1. The van der Waals surface area contributed by atoms with Gasteiger partial charge >= 0.3 is 0 Å². The van der Waals surface area contributed by atoms with Crippen LogP contribution in [0.5, 0.6) is 5.75 Å². The number of likely N-dealkylation sites (tertiary alicyclic amines) is 1. The second kappa shape index (κ2) is 7.79. The molecule has 1 fully saturated rings. The highest BCUT2D eigenvalue weighted by Gasteiger charge is 2.34. The molecule has 0 spiro atoms. The Morgan fingerprint density at radius 2 is 2.23 bits per heavy atom. The average molecular weight is 353 g/mol. The molecule has 2 aliphatic rings. The first-order chi connectivity index (χ1) is 12.5. The summed E-state index contributed by atoms with van der Waals surface area (Å²) in [5, 5.41) is 23.5. The molecule has 0 bridgehead atoms. The predicted molar refractivity (Wildman–Crippen MR) is 104 cm³/mol. The van der Waals surface area contributed by atoms with Crippen LogP contribution < -0.4 is 5.43 Å². The molecule has 2 atom stereocenters. The van der Waals surface area contributed by atoms with Gasteiger partial charge in [-0.2, -0.15) is 5.10 Å². The van der Waals surface area contributed by atoms with Crippen LogP contribution in [0.25, 0.3) is 0 Å². The molecular formula is C20H27N5O. The van der Waals surface area contributed by atoms with E-state index in [1.807, 2.05) is 24.1 Å². The fourth-order valence-corrected chi connectivity index (χ4v) is 3.71. The van der Waals surface area contributed by atoms with Crippen molar-refractivity contribution in [1.82, 2.24) is 15.2 Å². The maximum absolute atomic E-state index is 10.4. The van der Waals surface area contributed by atoms with Crippen molar-refractivity contribution < 1.29 is 5.11 Å². The summed E-state index contributed by atoms with van der Waals surface area (Å²) in [5.41, 5.74) is 5.43. The lowest BCUT2D eigenvalue weighted by Gasteiger charge is -2.39. The Kier molecular flexibility index (Phi) is 5.48. The number of benzene rings is 1. The molecule has 0 amide bonds. The van der Waals surface area contributed by atoms with Crippen molar-refractivity contribution in [2.24, 2.45) is 11.0 Å². The number of phenols is 1. The fourth-order valence-electron chi connectivity index (χ4n) is 3.71. The first kappa shape index (κ1) is 18.3. The van der Waals surface area contributed by atoms with Crippen molar-refractivity contribution in [3.05, 3.63) is 29.3 Å². The van der Waals surface area contributed by atoms with Crippen LogP contribution >= 0.6 is 0 Å². The smallest absolute Gasteiger partial charge is 0.146 e. The number of nitrogens with zero attached hydrogens (tertiary/aromatic N) is 3. The lowest BCUT2D eigenvalue weighted by molar-refractivity contribution is 0.211. The van der Waals surface area contributed by atoms with Gasteiger partial charge in [0.2, 0.25) is 0 Å². The molecule has 0 saturated carbocycles. The summed E-state index contributed by atoms with van der Waals surface area (Å²) in [6, 6.07) is 5.38. The topological polar surface area (TPSA) is 75.0 Å². The zero-order valence-electron chi connectivity index (χ0n) is 15.7. The average Bonchev–Trinajstić information content (AvgIpc) is 2.65. The van der Waals surface area contributed by atoms with Gasteiger partial charge in [0.1, 0.15) is 23.5 Å². The summed E-state index contributed by atoms with van der Waals surface area (Å²) in [6.45, 7) is 7.05. The number of amidine groups is 1. The number of nitrogens with one attached hydrogen (secondary N) is 2. The highest BCUT2D eigenvalue weighted by atomic mass is 16.3. The van der Waals surface area contributed by atoms with Gasteiger partial charge in [0, 0.05) is 30.6 Å². The molecule has 2 heterocycles. The maximum Gasteiger partial charge on any atom is 0.146 e. The quantitative estimate of drug-likeness (QED) is 0.729. The van der Waals surface area contributed by atoms with Gasteiger partial charge in [0.15, 0.2) is 0 Å². The molecule has 6 heteroatoms. The molecule has 0 aliphatic carbocycles. The summed E-state index contributed by atoms with van der Waals surface area (Å²) >= 11 is 0. The van der Waals surface area contributed by atoms with E-state index in [-0.39, 0.29) is 17.8 Å². The Balaban J connectivity index is 1.82. The number of hydrogen-bond acceptors (Lipinski definition) is 5. The molecule has 2 aliphatic heterocycles. The van der Waals surface area contributed by atoms with E-state index in [9.17, 15) is 5.11 Å². The lowest BCUT2D eigenvalue weighted by Crippen LogP contribution is -2.51.